The molecule has 1 aliphatic rings. The fraction of sp³-hybridized carbons (Fsp3) is 0.333. The summed E-state index contributed by atoms with van der Waals surface area (Å²) in [6.07, 6.45) is 1.22. The van der Waals surface area contributed by atoms with E-state index in [1.165, 1.54) is 12.1 Å². The van der Waals surface area contributed by atoms with Crippen LogP contribution in [0.5, 0.6) is 5.75 Å². The number of sulfone groups is 1. The second-order valence-corrected chi connectivity index (χ2v) is 9.53. The number of benzene rings is 2. The maximum atomic E-state index is 12.7. The van der Waals surface area contributed by atoms with Crippen LogP contribution in [0, 0.1) is 0 Å². The number of anilines is 1. The first-order chi connectivity index (χ1) is 14.3. The molecule has 2 aromatic rings. The van der Waals surface area contributed by atoms with Crippen molar-refractivity contribution in [3.63, 3.8) is 0 Å². The van der Waals surface area contributed by atoms with Crippen molar-refractivity contribution in [1.29, 1.82) is 0 Å². The first-order valence-electron chi connectivity index (χ1n) is 9.60. The van der Waals surface area contributed by atoms with E-state index < -0.39 is 9.84 Å². The number of ether oxygens (including phenoxy) is 1. The molecule has 1 atom stereocenters. The molecule has 0 aliphatic carbocycles. The van der Waals surface area contributed by atoms with Crippen molar-refractivity contribution < 1.29 is 22.7 Å². The van der Waals surface area contributed by atoms with E-state index in [-0.39, 0.29) is 52.3 Å². The Morgan fingerprint density at radius 3 is 2.70 bits per heavy atom. The summed E-state index contributed by atoms with van der Waals surface area (Å²) in [6.45, 7) is 1.77. The van der Waals surface area contributed by atoms with E-state index >= 15 is 0 Å². The van der Waals surface area contributed by atoms with E-state index in [4.69, 9.17) is 16.3 Å². The second-order valence-electron chi connectivity index (χ2n) is 7.05. The molecule has 7 nitrogen and oxygen atoms in total. The smallest absolute Gasteiger partial charge is 0.262 e. The number of amides is 2. The van der Waals surface area contributed by atoms with Gasteiger partial charge in [-0.3, -0.25) is 9.59 Å². The largest absolute Gasteiger partial charge is 0.482 e. The van der Waals surface area contributed by atoms with Gasteiger partial charge in [-0.25, -0.2) is 8.42 Å². The van der Waals surface area contributed by atoms with E-state index in [1.54, 1.807) is 0 Å². The van der Waals surface area contributed by atoms with Crippen molar-refractivity contribution >= 4 is 38.9 Å². The Balaban J connectivity index is 1.63. The highest BCUT2D eigenvalue weighted by Gasteiger charge is 2.25. The van der Waals surface area contributed by atoms with Crippen LogP contribution in [0.25, 0.3) is 0 Å². The predicted octanol–water partition coefficient (Wildman–Crippen LogP) is 2.97. The molecule has 1 aliphatic heterocycles. The number of rotatable bonds is 8. The third-order valence-electron chi connectivity index (χ3n) is 4.78. The van der Waals surface area contributed by atoms with E-state index in [2.05, 4.69) is 10.6 Å². The van der Waals surface area contributed by atoms with Crippen LogP contribution in [-0.4, -0.2) is 38.6 Å². The Morgan fingerprint density at radius 2 is 2.00 bits per heavy atom. The molecule has 2 amide bonds. The zero-order valence-corrected chi connectivity index (χ0v) is 18.1. The highest BCUT2D eigenvalue weighted by atomic mass is 35.5. The lowest BCUT2D eigenvalue weighted by Gasteiger charge is -2.20. The lowest BCUT2D eigenvalue weighted by molar-refractivity contribution is -0.121. The number of hydrogen-bond acceptors (Lipinski definition) is 5. The zero-order chi connectivity index (χ0) is 21.7. The Bertz CT molecular complexity index is 1040. The molecule has 2 aromatic carbocycles. The molecule has 0 bridgehead atoms. The van der Waals surface area contributed by atoms with Gasteiger partial charge in [-0.2, -0.15) is 0 Å². The van der Waals surface area contributed by atoms with E-state index in [0.717, 1.165) is 12.0 Å². The number of fused-ring (bicyclic) bond motifs is 1. The number of nitrogens with one attached hydrogen (secondary N) is 2. The molecule has 9 heteroatoms. The average molecular weight is 451 g/mol. The predicted molar refractivity (Wildman–Crippen MR) is 115 cm³/mol. The van der Waals surface area contributed by atoms with Gasteiger partial charge in [0, 0.05) is 18.5 Å². The lowest BCUT2D eigenvalue weighted by atomic mass is 10.0. The van der Waals surface area contributed by atoms with Crippen molar-refractivity contribution in [2.45, 2.75) is 37.1 Å². The van der Waals surface area contributed by atoms with Crippen LogP contribution in [0.4, 0.5) is 5.69 Å². The van der Waals surface area contributed by atoms with Gasteiger partial charge in [0.1, 0.15) is 5.75 Å². The van der Waals surface area contributed by atoms with Crippen LogP contribution in [0.2, 0.25) is 5.02 Å². The van der Waals surface area contributed by atoms with Gasteiger partial charge in [0.15, 0.2) is 16.4 Å². The third-order valence-corrected chi connectivity index (χ3v) is 6.96. The van der Waals surface area contributed by atoms with Gasteiger partial charge in [0.2, 0.25) is 5.91 Å². The Hall–Kier alpha value is -2.58. The van der Waals surface area contributed by atoms with Crippen LogP contribution in [0.1, 0.15) is 25.3 Å². The SMILES string of the molecule is CC[C@H](Cc1ccccc1)NC(=O)CCS(=O)(=O)c1cc2c(cc1Cl)NC(=O)CO2. The summed E-state index contributed by atoms with van der Waals surface area (Å²) in [5.74, 6) is -0.826. The molecule has 2 N–H and O–H groups in total. The summed E-state index contributed by atoms with van der Waals surface area (Å²) in [4.78, 5) is 23.6. The van der Waals surface area contributed by atoms with Gasteiger partial charge < -0.3 is 15.4 Å². The molecule has 160 valence electrons. The van der Waals surface area contributed by atoms with Crippen LogP contribution < -0.4 is 15.4 Å². The molecule has 0 unspecified atom stereocenters. The van der Waals surface area contributed by atoms with Crippen LogP contribution in [0.15, 0.2) is 47.4 Å². The summed E-state index contributed by atoms with van der Waals surface area (Å²) < 4.78 is 30.8. The van der Waals surface area contributed by atoms with Crippen molar-refractivity contribution in [3.8, 4) is 5.75 Å². The monoisotopic (exact) mass is 450 g/mol. The molecule has 30 heavy (non-hydrogen) atoms. The fourth-order valence-corrected chi connectivity index (χ4v) is 4.99. The molecule has 0 aromatic heterocycles. The summed E-state index contributed by atoms with van der Waals surface area (Å²) in [5, 5.41) is 5.44. The molecule has 0 spiro atoms. The standard InChI is InChI=1S/C21H23ClN2O5S/c1-2-15(10-14-6-4-3-5-7-14)23-20(25)8-9-30(27,28)19-12-18-17(11-16(19)22)24-21(26)13-29-18/h3-7,11-12,15H,2,8-10,13H2,1H3,(H,23,25)(H,24,26)/t15-/m1/s1. The summed E-state index contributed by atoms with van der Waals surface area (Å²) >= 11 is 6.12. The van der Waals surface area contributed by atoms with Crippen molar-refractivity contribution in [3.05, 3.63) is 53.1 Å². The highest BCUT2D eigenvalue weighted by molar-refractivity contribution is 7.91. The van der Waals surface area contributed by atoms with E-state index in [1.807, 2.05) is 37.3 Å². The van der Waals surface area contributed by atoms with Gasteiger partial charge in [-0.15, -0.1) is 0 Å². The van der Waals surface area contributed by atoms with Crippen LogP contribution in [0.3, 0.4) is 0 Å². The normalized spacial score (nSPS) is 14.3. The Morgan fingerprint density at radius 1 is 1.27 bits per heavy atom. The van der Waals surface area contributed by atoms with Gasteiger partial charge in [0.25, 0.3) is 5.91 Å². The minimum absolute atomic E-state index is 0.0320. The summed E-state index contributed by atoms with van der Waals surface area (Å²) in [6, 6.07) is 12.3. The summed E-state index contributed by atoms with van der Waals surface area (Å²) in [7, 11) is -3.82. The first kappa shape index (κ1) is 22.1. The van der Waals surface area contributed by atoms with Crippen molar-refractivity contribution in [2.75, 3.05) is 17.7 Å². The second kappa shape index (κ2) is 9.49. The summed E-state index contributed by atoms with van der Waals surface area (Å²) in [5.41, 5.74) is 1.42. The maximum Gasteiger partial charge on any atom is 0.262 e. The Kier molecular flexibility index (Phi) is 6.99. The van der Waals surface area contributed by atoms with Crippen molar-refractivity contribution in [2.24, 2.45) is 0 Å². The van der Waals surface area contributed by atoms with Gasteiger partial charge in [0.05, 0.1) is 21.4 Å². The number of carbonyl (C=O) groups excluding carboxylic acids is 2. The van der Waals surface area contributed by atoms with Crippen LogP contribution >= 0.6 is 11.6 Å². The molecule has 1 heterocycles. The lowest BCUT2D eigenvalue weighted by Crippen LogP contribution is -2.36. The highest BCUT2D eigenvalue weighted by Crippen LogP contribution is 2.36. The number of carbonyl (C=O) groups is 2. The number of halogens is 1. The van der Waals surface area contributed by atoms with Gasteiger partial charge in [-0.05, 0) is 24.5 Å². The molecular formula is C21H23ClN2O5S. The van der Waals surface area contributed by atoms with Crippen LogP contribution in [-0.2, 0) is 25.8 Å². The quantitative estimate of drug-likeness (QED) is 0.643. The molecule has 0 radical (unpaired) electrons. The number of hydrogen-bond donors (Lipinski definition) is 2. The minimum Gasteiger partial charge on any atom is -0.482 e. The van der Waals surface area contributed by atoms with Crippen molar-refractivity contribution in [1.82, 2.24) is 5.32 Å². The molecule has 0 fully saturated rings. The van der Waals surface area contributed by atoms with E-state index in [0.29, 0.717) is 12.1 Å². The Labute approximate surface area is 180 Å². The molecular weight excluding hydrogens is 428 g/mol. The van der Waals surface area contributed by atoms with E-state index in [9.17, 15) is 18.0 Å². The zero-order valence-electron chi connectivity index (χ0n) is 16.5. The topological polar surface area (TPSA) is 102 Å². The third kappa shape index (κ3) is 5.52. The fourth-order valence-electron chi connectivity index (χ4n) is 3.15. The first-order valence-corrected chi connectivity index (χ1v) is 11.6. The minimum atomic E-state index is -3.82. The van der Waals surface area contributed by atoms with Gasteiger partial charge >= 0.3 is 0 Å². The molecule has 0 saturated heterocycles. The van der Waals surface area contributed by atoms with Gasteiger partial charge in [-0.1, -0.05) is 48.9 Å². The molecule has 0 saturated carbocycles. The molecule has 3 rings (SSSR count). The maximum absolute atomic E-state index is 12.7. The average Bonchev–Trinajstić information content (AvgIpc) is 2.72.